The van der Waals surface area contributed by atoms with Crippen molar-refractivity contribution >= 4 is 5.97 Å². The molecule has 2 rings (SSSR count). The van der Waals surface area contributed by atoms with Crippen LogP contribution in [-0.4, -0.2) is 26.3 Å². The number of nitrogens with one attached hydrogen (secondary N) is 1. The molecule has 2 N–H and O–H groups in total. The summed E-state index contributed by atoms with van der Waals surface area (Å²) in [5.41, 5.74) is 0. The van der Waals surface area contributed by atoms with Crippen LogP contribution in [0.1, 0.15) is 69.4 Å². The van der Waals surface area contributed by atoms with Crippen molar-refractivity contribution < 1.29 is 9.90 Å². The molecule has 1 aliphatic carbocycles. The van der Waals surface area contributed by atoms with Crippen molar-refractivity contribution in [3.05, 3.63) is 11.6 Å². The highest BCUT2D eigenvalue weighted by molar-refractivity contribution is 5.70. The summed E-state index contributed by atoms with van der Waals surface area (Å²) < 4.78 is 0. The number of aliphatic carboxylic acids is 1. The van der Waals surface area contributed by atoms with Crippen molar-refractivity contribution in [2.75, 3.05) is 0 Å². The van der Waals surface area contributed by atoms with Crippen LogP contribution in [0.4, 0.5) is 0 Å². The number of aromatic amines is 1. The van der Waals surface area contributed by atoms with Crippen LogP contribution in [0.25, 0.3) is 0 Å². The fourth-order valence-corrected chi connectivity index (χ4v) is 2.49. The third-order valence-electron chi connectivity index (χ3n) is 4.06. The minimum atomic E-state index is -0.800. The van der Waals surface area contributed by atoms with Gasteiger partial charge in [-0.2, -0.15) is 5.10 Å². The third-order valence-corrected chi connectivity index (χ3v) is 4.06. The SMILES string of the molecule is CC(C(=O)O)C(C)c1n[nH]c(C2CCCCC2)n1. The van der Waals surface area contributed by atoms with Crippen LogP contribution in [0.3, 0.4) is 0 Å². The first-order valence-corrected chi connectivity index (χ1v) is 6.74. The van der Waals surface area contributed by atoms with Crippen molar-refractivity contribution in [3.63, 3.8) is 0 Å². The van der Waals surface area contributed by atoms with Gasteiger partial charge in [0.1, 0.15) is 5.82 Å². The van der Waals surface area contributed by atoms with Crippen molar-refractivity contribution in [1.29, 1.82) is 0 Å². The van der Waals surface area contributed by atoms with Gasteiger partial charge >= 0.3 is 5.97 Å². The Hall–Kier alpha value is -1.39. The number of carboxylic acid groups (broad SMARTS) is 1. The van der Waals surface area contributed by atoms with Gasteiger partial charge in [0.05, 0.1) is 5.92 Å². The molecule has 5 nitrogen and oxygen atoms in total. The topological polar surface area (TPSA) is 78.9 Å². The number of hydrogen-bond acceptors (Lipinski definition) is 3. The first kappa shape index (κ1) is 13.1. The maximum atomic E-state index is 11.0. The van der Waals surface area contributed by atoms with Crippen molar-refractivity contribution in [3.8, 4) is 0 Å². The number of aromatic nitrogens is 3. The average molecular weight is 251 g/mol. The maximum absolute atomic E-state index is 11.0. The second-order valence-corrected chi connectivity index (χ2v) is 5.33. The van der Waals surface area contributed by atoms with Gasteiger partial charge in [-0.15, -0.1) is 0 Å². The van der Waals surface area contributed by atoms with E-state index in [0.717, 1.165) is 18.7 Å². The van der Waals surface area contributed by atoms with Crippen LogP contribution >= 0.6 is 0 Å². The Balaban J connectivity index is 2.07. The van der Waals surface area contributed by atoms with Gasteiger partial charge in [0.2, 0.25) is 0 Å². The van der Waals surface area contributed by atoms with Crippen LogP contribution in [-0.2, 0) is 4.79 Å². The van der Waals surface area contributed by atoms with Crippen molar-refractivity contribution in [1.82, 2.24) is 15.2 Å². The molecule has 5 heteroatoms. The zero-order valence-electron chi connectivity index (χ0n) is 11.0. The first-order chi connectivity index (χ1) is 8.59. The number of nitrogens with zero attached hydrogens (tertiary/aromatic N) is 2. The molecule has 2 unspecified atom stereocenters. The van der Waals surface area contributed by atoms with E-state index in [-0.39, 0.29) is 5.92 Å². The smallest absolute Gasteiger partial charge is 0.306 e. The predicted molar refractivity (Wildman–Crippen MR) is 67.4 cm³/mol. The van der Waals surface area contributed by atoms with Gasteiger partial charge < -0.3 is 5.11 Å². The van der Waals surface area contributed by atoms with Crippen LogP contribution in [0.5, 0.6) is 0 Å². The number of carboxylic acids is 1. The van der Waals surface area contributed by atoms with Crippen LogP contribution in [0.15, 0.2) is 0 Å². The highest BCUT2D eigenvalue weighted by Gasteiger charge is 2.26. The normalized spacial score (nSPS) is 20.6. The molecule has 0 saturated heterocycles. The monoisotopic (exact) mass is 251 g/mol. The van der Waals surface area contributed by atoms with E-state index in [4.69, 9.17) is 5.11 Å². The summed E-state index contributed by atoms with van der Waals surface area (Å²) in [6.07, 6.45) is 6.14. The standard InChI is InChI=1S/C13H21N3O2/c1-8(9(2)13(17)18)11-14-12(16-15-11)10-6-4-3-5-7-10/h8-10H,3-7H2,1-2H3,(H,17,18)(H,14,15,16). The summed E-state index contributed by atoms with van der Waals surface area (Å²) in [5, 5.41) is 16.2. The van der Waals surface area contributed by atoms with Gasteiger partial charge in [0, 0.05) is 11.8 Å². The Kier molecular flexibility index (Phi) is 3.99. The molecule has 1 heterocycles. The molecular formula is C13H21N3O2. The number of rotatable bonds is 4. The van der Waals surface area contributed by atoms with E-state index < -0.39 is 11.9 Å². The zero-order chi connectivity index (χ0) is 13.1. The van der Waals surface area contributed by atoms with Crippen LogP contribution in [0, 0.1) is 5.92 Å². The van der Waals surface area contributed by atoms with Crippen molar-refractivity contribution in [2.24, 2.45) is 5.92 Å². The number of H-pyrrole nitrogens is 1. The van der Waals surface area contributed by atoms with Gasteiger partial charge in [0.25, 0.3) is 0 Å². The first-order valence-electron chi connectivity index (χ1n) is 6.74. The van der Waals surface area contributed by atoms with E-state index in [1.807, 2.05) is 6.92 Å². The second-order valence-electron chi connectivity index (χ2n) is 5.33. The molecule has 1 aromatic heterocycles. The molecule has 0 spiro atoms. The Morgan fingerprint density at radius 2 is 2.00 bits per heavy atom. The van der Waals surface area contributed by atoms with E-state index in [0.29, 0.717) is 11.7 Å². The summed E-state index contributed by atoms with van der Waals surface area (Å²) in [7, 11) is 0. The molecule has 1 fully saturated rings. The van der Waals surface area contributed by atoms with E-state index in [9.17, 15) is 4.79 Å². The molecular weight excluding hydrogens is 230 g/mol. The lowest BCUT2D eigenvalue weighted by Crippen LogP contribution is -2.17. The van der Waals surface area contributed by atoms with Gasteiger partial charge in [-0.3, -0.25) is 9.89 Å². The van der Waals surface area contributed by atoms with Crippen molar-refractivity contribution in [2.45, 2.75) is 57.8 Å². The Morgan fingerprint density at radius 3 is 2.61 bits per heavy atom. The third kappa shape index (κ3) is 2.71. The summed E-state index contributed by atoms with van der Waals surface area (Å²) in [5.74, 6) is 0.634. The van der Waals surface area contributed by atoms with Gasteiger partial charge in [-0.25, -0.2) is 4.98 Å². The Morgan fingerprint density at radius 1 is 1.33 bits per heavy atom. The zero-order valence-corrected chi connectivity index (χ0v) is 11.0. The van der Waals surface area contributed by atoms with Gasteiger partial charge in [0.15, 0.2) is 5.82 Å². The minimum absolute atomic E-state index is 0.156. The van der Waals surface area contributed by atoms with E-state index in [1.54, 1.807) is 6.92 Å². The summed E-state index contributed by atoms with van der Waals surface area (Å²) in [4.78, 5) is 15.5. The summed E-state index contributed by atoms with van der Waals surface area (Å²) in [6.45, 7) is 3.57. The molecule has 0 aromatic carbocycles. The fraction of sp³-hybridized carbons (Fsp3) is 0.769. The van der Waals surface area contributed by atoms with E-state index in [2.05, 4.69) is 15.2 Å². The fourth-order valence-electron chi connectivity index (χ4n) is 2.49. The average Bonchev–Trinajstić information content (AvgIpc) is 2.87. The predicted octanol–water partition coefficient (Wildman–Crippen LogP) is 2.68. The van der Waals surface area contributed by atoms with Gasteiger partial charge in [-0.1, -0.05) is 33.1 Å². The molecule has 1 aromatic rings. The highest BCUT2D eigenvalue weighted by atomic mass is 16.4. The summed E-state index contributed by atoms with van der Waals surface area (Å²) in [6, 6.07) is 0. The Labute approximate surface area is 107 Å². The minimum Gasteiger partial charge on any atom is -0.481 e. The molecule has 100 valence electrons. The molecule has 0 aliphatic heterocycles. The lowest BCUT2D eigenvalue weighted by molar-refractivity contribution is -0.141. The molecule has 2 atom stereocenters. The highest BCUT2D eigenvalue weighted by Crippen LogP contribution is 2.31. The molecule has 1 aliphatic rings. The second kappa shape index (κ2) is 5.50. The van der Waals surface area contributed by atoms with Crippen LogP contribution in [0.2, 0.25) is 0 Å². The lowest BCUT2D eigenvalue weighted by atomic mass is 9.89. The van der Waals surface area contributed by atoms with Gasteiger partial charge in [-0.05, 0) is 12.8 Å². The molecule has 1 saturated carbocycles. The van der Waals surface area contributed by atoms with E-state index in [1.165, 1.54) is 19.3 Å². The molecule has 0 radical (unpaired) electrons. The number of hydrogen-bond donors (Lipinski definition) is 2. The largest absolute Gasteiger partial charge is 0.481 e. The maximum Gasteiger partial charge on any atom is 0.306 e. The Bertz CT molecular complexity index is 410. The number of carbonyl (C=O) groups is 1. The van der Waals surface area contributed by atoms with E-state index >= 15 is 0 Å². The quantitative estimate of drug-likeness (QED) is 0.862. The van der Waals surface area contributed by atoms with Crippen LogP contribution < -0.4 is 0 Å². The lowest BCUT2D eigenvalue weighted by Gasteiger charge is -2.18. The molecule has 0 amide bonds. The molecule has 0 bridgehead atoms. The molecule has 18 heavy (non-hydrogen) atoms. The summed E-state index contributed by atoms with van der Waals surface area (Å²) >= 11 is 0.